The number of β-amino-alcohol motifs (C(OH)–C–C–N with tert-alkyl or cyclic N) is 1. The average molecular weight is 409 g/mol. The van der Waals surface area contributed by atoms with Crippen molar-refractivity contribution in [1.29, 1.82) is 0 Å². The maximum absolute atomic E-state index is 12.7. The van der Waals surface area contributed by atoms with Gasteiger partial charge in [-0.15, -0.1) is 0 Å². The van der Waals surface area contributed by atoms with Crippen LogP contribution in [0.3, 0.4) is 0 Å². The number of hydrogen-bond donors (Lipinski definition) is 2. The Labute approximate surface area is 175 Å². The standard InChI is InChI=1S/C22H27N5O3/c23-21(29)17-5-6-19(24-11-17)13-26-9-10-27(22(26)30)15-20(28)14-25-8-7-16-3-1-2-4-18(16)12-25/h1-6,11,20,28H,7-10,12-15H2,(H2,23,29)/t20-/m1/s1. The molecule has 3 heterocycles. The first-order valence-electron chi connectivity index (χ1n) is 10.3. The number of fused-ring (bicyclic) bond motifs is 1. The highest BCUT2D eigenvalue weighted by molar-refractivity contribution is 5.92. The van der Waals surface area contributed by atoms with Gasteiger partial charge < -0.3 is 20.6 Å². The van der Waals surface area contributed by atoms with E-state index in [1.165, 1.54) is 17.3 Å². The number of amides is 3. The first-order valence-corrected chi connectivity index (χ1v) is 10.3. The largest absolute Gasteiger partial charge is 0.390 e. The number of carbonyl (C=O) groups is 2. The number of aromatic nitrogens is 1. The van der Waals surface area contributed by atoms with E-state index in [1.807, 2.05) is 6.07 Å². The van der Waals surface area contributed by atoms with Crippen LogP contribution in [0.2, 0.25) is 0 Å². The lowest BCUT2D eigenvalue weighted by atomic mass is 10.00. The third kappa shape index (κ3) is 4.60. The topological polar surface area (TPSA) is 103 Å². The van der Waals surface area contributed by atoms with Crippen molar-refractivity contribution in [2.45, 2.75) is 25.6 Å². The SMILES string of the molecule is NC(=O)c1ccc(CN2CCN(C[C@H](O)CN3CCc4ccccc4C3)C2=O)nc1. The zero-order chi connectivity index (χ0) is 21.1. The van der Waals surface area contributed by atoms with Crippen LogP contribution < -0.4 is 5.73 Å². The molecule has 1 fully saturated rings. The molecular weight excluding hydrogens is 382 g/mol. The molecule has 8 nitrogen and oxygen atoms in total. The van der Waals surface area contributed by atoms with Crippen molar-refractivity contribution in [3.05, 3.63) is 65.0 Å². The van der Waals surface area contributed by atoms with Crippen LogP contribution in [-0.2, 0) is 19.5 Å². The van der Waals surface area contributed by atoms with E-state index < -0.39 is 12.0 Å². The van der Waals surface area contributed by atoms with E-state index in [-0.39, 0.29) is 6.03 Å². The van der Waals surface area contributed by atoms with E-state index in [0.717, 1.165) is 19.5 Å². The first kappa shape index (κ1) is 20.3. The van der Waals surface area contributed by atoms with E-state index in [4.69, 9.17) is 5.73 Å². The van der Waals surface area contributed by atoms with E-state index in [0.29, 0.717) is 44.0 Å². The molecule has 0 unspecified atom stereocenters. The van der Waals surface area contributed by atoms with Gasteiger partial charge in [0.15, 0.2) is 0 Å². The quantitative estimate of drug-likeness (QED) is 0.705. The van der Waals surface area contributed by atoms with Gasteiger partial charge in [-0.1, -0.05) is 24.3 Å². The van der Waals surface area contributed by atoms with Crippen molar-refractivity contribution < 1.29 is 14.7 Å². The van der Waals surface area contributed by atoms with Gasteiger partial charge in [-0.2, -0.15) is 0 Å². The van der Waals surface area contributed by atoms with Crippen LogP contribution in [0.1, 0.15) is 27.2 Å². The van der Waals surface area contributed by atoms with Gasteiger partial charge in [-0.05, 0) is 29.7 Å². The smallest absolute Gasteiger partial charge is 0.320 e. The Morgan fingerprint density at radius 1 is 1.07 bits per heavy atom. The number of aliphatic hydroxyl groups excluding tert-OH is 1. The average Bonchev–Trinajstić information content (AvgIpc) is 3.07. The van der Waals surface area contributed by atoms with Crippen molar-refractivity contribution in [1.82, 2.24) is 19.7 Å². The monoisotopic (exact) mass is 409 g/mol. The third-order valence-electron chi connectivity index (χ3n) is 5.75. The van der Waals surface area contributed by atoms with Crippen LogP contribution in [0.4, 0.5) is 4.79 Å². The van der Waals surface area contributed by atoms with Gasteiger partial charge in [0.2, 0.25) is 5.91 Å². The second-order valence-electron chi connectivity index (χ2n) is 7.96. The Bertz CT molecular complexity index is 917. The number of rotatable bonds is 7. The number of nitrogens with two attached hydrogens (primary N) is 1. The molecule has 0 radical (unpaired) electrons. The number of urea groups is 1. The molecule has 1 aromatic heterocycles. The fourth-order valence-electron chi connectivity index (χ4n) is 4.13. The Morgan fingerprint density at radius 2 is 1.83 bits per heavy atom. The van der Waals surface area contributed by atoms with Gasteiger partial charge in [0, 0.05) is 45.5 Å². The number of hydrogen-bond acceptors (Lipinski definition) is 5. The molecule has 2 aliphatic heterocycles. The number of carbonyl (C=O) groups excluding carboxylic acids is 2. The molecule has 0 saturated carbocycles. The van der Waals surface area contributed by atoms with Gasteiger partial charge in [-0.3, -0.25) is 14.7 Å². The van der Waals surface area contributed by atoms with Gasteiger partial charge in [0.1, 0.15) is 0 Å². The van der Waals surface area contributed by atoms with Crippen molar-refractivity contribution in [2.75, 3.05) is 32.7 Å². The first-order chi connectivity index (χ1) is 14.5. The molecular formula is C22H27N5O3. The predicted molar refractivity (Wildman–Crippen MR) is 112 cm³/mol. The molecule has 158 valence electrons. The van der Waals surface area contributed by atoms with Crippen LogP contribution in [0.5, 0.6) is 0 Å². The highest BCUT2D eigenvalue weighted by Crippen LogP contribution is 2.19. The molecule has 3 amide bonds. The van der Waals surface area contributed by atoms with Crippen LogP contribution in [0.25, 0.3) is 0 Å². The summed E-state index contributed by atoms with van der Waals surface area (Å²) in [5, 5.41) is 10.6. The minimum absolute atomic E-state index is 0.0983. The number of primary amides is 1. The lowest BCUT2D eigenvalue weighted by molar-refractivity contribution is 0.0811. The van der Waals surface area contributed by atoms with Gasteiger partial charge in [0.25, 0.3) is 0 Å². The summed E-state index contributed by atoms with van der Waals surface area (Å²) >= 11 is 0. The Hall–Kier alpha value is -2.97. The van der Waals surface area contributed by atoms with E-state index in [9.17, 15) is 14.7 Å². The molecule has 1 atom stereocenters. The minimum atomic E-state index is -0.591. The number of nitrogens with zero attached hydrogens (tertiary/aromatic N) is 4. The highest BCUT2D eigenvalue weighted by atomic mass is 16.3. The van der Waals surface area contributed by atoms with Gasteiger partial charge in [0.05, 0.1) is 23.9 Å². The maximum atomic E-state index is 12.7. The van der Waals surface area contributed by atoms with E-state index in [2.05, 4.69) is 28.1 Å². The summed E-state index contributed by atoms with van der Waals surface area (Å²) in [6, 6.07) is 11.6. The summed E-state index contributed by atoms with van der Waals surface area (Å²) in [5.41, 5.74) is 8.96. The van der Waals surface area contributed by atoms with Gasteiger partial charge >= 0.3 is 6.03 Å². The van der Waals surface area contributed by atoms with Crippen molar-refractivity contribution >= 4 is 11.9 Å². The molecule has 4 rings (SSSR count). The van der Waals surface area contributed by atoms with Crippen LogP contribution >= 0.6 is 0 Å². The fourth-order valence-corrected chi connectivity index (χ4v) is 4.13. The number of aliphatic hydroxyl groups is 1. The van der Waals surface area contributed by atoms with E-state index >= 15 is 0 Å². The Kier molecular flexibility index (Phi) is 5.96. The molecule has 2 aromatic rings. The summed E-state index contributed by atoms with van der Waals surface area (Å²) in [7, 11) is 0. The normalized spacial score (nSPS) is 17.8. The summed E-state index contributed by atoms with van der Waals surface area (Å²) in [6.45, 7) is 4.16. The van der Waals surface area contributed by atoms with Crippen molar-refractivity contribution in [2.24, 2.45) is 5.73 Å². The second kappa shape index (κ2) is 8.81. The lowest BCUT2D eigenvalue weighted by Crippen LogP contribution is -2.43. The number of benzene rings is 1. The minimum Gasteiger partial charge on any atom is -0.390 e. The lowest BCUT2D eigenvalue weighted by Gasteiger charge is -2.31. The summed E-state index contributed by atoms with van der Waals surface area (Å²) in [6.07, 6.45) is 1.82. The molecule has 0 aliphatic carbocycles. The maximum Gasteiger partial charge on any atom is 0.320 e. The molecule has 1 saturated heterocycles. The molecule has 2 aliphatic rings. The molecule has 1 aromatic carbocycles. The van der Waals surface area contributed by atoms with Crippen LogP contribution in [0, 0.1) is 0 Å². The molecule has 3 N–H and O–H groups in total. The third-order valence-corrected chi connectivity index (χ3v) is 5.75. The molecule has 8 heteroatoms. The van der Waals surface area contributed by atoms with Crippen LogP contribution in [0.15, 0.2) is 42.6 Å². The summed E-state index contributed by atoms with van der Waals surface area (Å²) in [5.74, 6) is -0.524. The highest BCUT2D eigenvalue weighted by Gasteiger charge is 2.30. The predicted octanol–water partition coefficient (Wildman–Crippen LogP) is 0.837. The molecule has 0 bridgehead atoms. The number of pyridine rings is 1. The van der Waals surface area contributed by atoms with E-state index in [1.54, 1.807) is 21.9 Å². The zero-order valence-corrected chi connectivity index (χ0v) is 16.9. The second-order valence-corrected chi connectivity index (χ2v) is 7.96. The fraction of sp³-hybridized carbons (Fsp3) is 0.409. The summed E-state index contributed by atoms with van der Waals surface area (Å²) < 4.78 is 0. The molecule has 0 spiro atoms. The zero-order valence-electron chi connectivity index (χ0n) is 16.9. The van der Waals surface area contributed by atoms with Crippen molar-refractivity contribution in [3.63, 3.8) is 0 Å². The summed E-state index contributed by atoms with van der Waals surface area (Å²) in [4.78, 5) is 33.7. The van der Waals surface area contributed by atoms with Crippen LogP contribution in [-0.4, -0.2) is 75.6 Å². The van der Waals surface area contributed by atoms with Crippen molar-refractivity contribution in [3.8, 4) is 0 Å². The molecule has 30 heavy (non-hydrogen) atoms. The Morgan fingerprint density at radius 3 is 2.57 bits per heavy atom. The van der Waals surface area contributed by atoms with Gasteiger partial charge in [-0.25, -0.2) is 4.79 Å². The Balaban J connectivity index is 1.27.